The van der Waals surface area contributed by atoms with E-state index in [0.29, 0.717) is 10.6 Å². The minimum absolute atomic E-state index is 0.310. The van der Waals surface area contributed by atoms with E-state index in [1.165, 1.54) is 30.6 Å². The van der Waals surface area contributed by atoms with E-state index in [0.717, 1.165) is 5.01 Å². The van der Waals surface area contributed by atoms with Crippen LogP contribution in [-0.4, -0.2) is 34.1 Å². The summed E-state index contributed by atoms with van der Waals surface area (Å²) in [5.41, 5.74) is 2.80. The molecule has 0 radical (unpaired) electrons. The number of amides is 2. The van der Waals surface area contributed by atoms with Gasteiger partial charge in [-0.1, -0.05) is 6.07 Å². The Kier molecular flexibility index (Phi) is 3.20. The molecule has 2 rings (SSSR count). The van der Waals surface area contributed by atoms with Crippen LogP contribution in [0.4, 0.5) is 0 Å². The molecule has 6 nitrogen and oxygen atoms in total. The van der Waals surface area contributed by atoms with E-state index in [-0.39, 0.29) is 11.8 Å². The van der Waals surface area contributed by atoms with Crippen molar-refractivity contribution in [3.05, 3.63) is 40.3 Å². The lowest BCUT2D eigenvalue weighted by atomic mass is 10.4. The average Bonchev–Trinajstić information content (AvgIpc) is 3.00. The third kappa shape index (κ3) is 2.51. The van der Waals surface area contributed by atoms with Crippen molar-refractivity contribution in [3.63, 3.8) is 0 Å². The molecule has 2 N–H and O–H groups in total. The van der Waals surface area contributed by atoms with Crippen LogP contribution in [-0.2, 0) is 0 Å². The summed E-state index contributed by atoms with van der Waals surface area (Å²) in [4.78, 5) is 24.0. The van der Waals surface area contributed by atoms with E-state index in [1.807, 2.05) is 0 Å². The molecule has 2 amide bonds. The van der Waals surface area contributed by atoms with Gasteiger partial charge in [-0.25, -0.2) is 0 Å². The Bertz CT molecular complexity index is 506. The molecule has 2 aromatic rings. The lowest BCUT2D eigenvalue weighted by molar-refractivity contribution is 0.0634. The molecule has 0 atom stereocenters. The Morgan fingerprint density at radius 1 is 1.47 bits per heavy atom. The monoisotopic (exact) mass is 250 g/mol. The number of hydrogen-bond donors (Lipinski definition) is 2. The van der Waals surface area contributed by atoms with E-state index < -0.39 is 0 Å². The SMILES string of the molecule is CN(NC(=O)c1cccs1)C(=O)c1ccn[nH]1. The molecule has 7 heteroatoms. The summed E-state index contributed by atoms with van der Waals surface area (Å²) in [6, 6.07) is 5.00. The number of nitrogens with zero attached hydrogens (tertiary/aromatic N) is 2. The largest absolute Gasteiger partial charge is 0.290 e. The molecule has 0 spiro atoms. The summed E-state index contributed by atoms with van der Waals surface area (Å²) in [5, 5.41) is 9.13. The lowest BCUT2D eigenvalue weighted by Crippen LogP contribution is -2.43. The second-order valence-electron chi connectivity index (χ2n) is 3.25. The Hall–Kier alpha value is -2.15. The van der Waals surface area contributed by atoms with Gasteiger partial charge in [0.05, 0.1) is 4.88 Å². The molecule has 17 heavy (non-hydrogen) atoms. The molecule has 0 fully saturated rings. The van der Waals surface area contributed by atoms with Crippen LogP contribution in [0.3, 0.4) is 0 Å². The van der Waals surface area contributed by atoms with Crippen LogP contribution in [0.15, 0.2) is 29.8 Å². The highest BCUT2D eigenvalue weighted by atomic mass is 32.1. The van der Waals surface area contributed by atoms with Crippen molar-refractivity contribution in [2.75, 3.05) is 7.05 Å². The first-order valence-corrected chi connectivity index (χ1v) is 5.68. The van der Waals surface area contributed by atoms with Crippen molar-refractivity contribution in [2.24, 2.45) is 0 Å². The highest BCUT2D eigenvalue weighted by Gasteiger charge is 2.16. The zero-order chi connectivity index (χ0) is 12.3. The summed E-state index contributed by atoms with van der Waals surface area (Å²) in [7, 11) is 1.48. The van der Waals surface area contributed by atoms with Crippen molar-refractivity contribution in [1.82, 2.24) is 20.6 Å². The number of thiophene rings is 1. The number of aromatic nitrogens is 2. The first kappa shape index (κ1) is 11.3. The minimum Gasteiger partial charge on any atom is -0.273 e. The van der Waals surface area contributed by atoms with E-state index in [9.17, 15) is 9.59 Å². The van der Waals surface area contributed by atoms with Gasteiger partial charge in [0.2, 0.25) is 0 Å². The Balaban J connectivity index is 2.00. The third-order valence-electron chi connectivity index (χ3n) is 2.05. The molecule has 0 aliphatic carbocycles. The first-order chi connectivity index (χ1) is 8.18. The fourth-order valence-electron chi connectivity index (χ4n) is 1.22. The number of hydrazine groups is 1. The van der Waals surface area contributed by atoms with Crippen LogP contribution in [0.25, 0.3) is 0 Å². The van der Waals surface area contributed by atoms with Crippen molar-refractivity contribution < 1.29 is 9.59 Å². The molecular formula is C10H10N4O2S. The Labute approximate surface area is 101 Å². The topological polar surface area (TPSA) is 78.1 Å². The fraction of sp³-hybridized carbons (Fsp3) is 0.100. The van der Waals surface area contributed by atoms with Crippen LogP contribution >= 0.6 is 11.3 Å². The molecule has 0 saturated heterocycles. The van der Waals surface area contributed by atoms with E-state index in [1.54, 1.807) is 17.5 Å². The second-order valence-corrected chi connectivity index (χ2v) is 4.20. The van der Waals surface area contributed by atoms with Crippen LogP contribution in [0.5, 0.6) is 0 Å². The van der Waals surface area contributed by atoms with Gasteiger partial charge < -0.3 is 0 Å². The molecule has 2 aromatic heterocycles. The standard InChI is InChI=1S/C10H10N4O2S/c1-14(10(16)7-4-5-11-12-7)13-9(15)8-3-2-6-17-8/h2-6H,1H3,(H,11,12)(H,13,15). The van der Waals surface area contributed by atoms with Gasteiger partial charge in [-0.3, -0.25) is 25.1 Å². The van der Waals surface area contributed by atoms with E-state index >= 15 is 0 Å². The van der Waals surface area contributed by atoms with Crippen molar-refractivity contribution >= 4 is 23.2 Å². The Morgan fingerprint density at radius 2 is 2.29 bits per heavy atom. The summed E-state index contributed by atoms with van der Waals surface area (Å²) in [6.07, 6.45) is 1.47. The van der Waals surface area contributed by atoms with Gasteiger partial charge in [0.15, 0.2) is 0 Å². The van der Waals surface area contributed by atoms with Crippen molar-refractivity contribution in [2.45, 2.75) is 0 Å². The van der Waals surface area contributed by atoms with Crippen LogP contribution in [0.1, 0.15) is 20.2 Å². The first-order valence-electron chi connectivity index (χ1n) is 4.80. The highest BCUT2D eigenvalue weighted by Crippen LogP contribution is 2.08. The molecule has 0 saturated carbocycles. The van der Waals surface area contributed by atoms with Crippen LogP contribution < -0.4 is 5.43 Å². The predicted octanol–water partition coefficient (Wildman–Crippen LogP) is 0.888. The number of aromatic amines is 1. The summed E-state index contributed by atoms with van der Waals surface area (Å²) >= 11 is 1.31. The zero-order valence-corrected chi connectivity index (χ0v) is 9.82. The molecule has 2 heterocycles. The maximum Gasteiger partial charge on any atom is 0.290 e. The highest BCUT2D eigenvalue weighted by molar-refractivity contribution is 7.12. The number of H-pyrrole nitrogens is 1. The molecule has 0 aromatic carbocycles. The quantitative estimate of drug-likeness (QED) is 0.777. The average molecular weight is 250 g/mol. The number of carbonyl (C=O) groups is 2. The molecule has 0 aliphatic rings. The van der Waals surface area contributed by atoms with E-state index in [4.69, 9.17) is 0 Å². The third-order valence-corrected chi connectivity index (χ3v) is 2.92. The summed E-state index contributed by atoms with van der Waals surface area (Å²) in [6.45, 7) is 0. The normalized spacial score (nSPS) is 9.94. The molecule has 0 unspecified atom stereocenters. The predicted molar refractivity (Wildman–Crippen MR) is 62.5 cm³/mol. The maximum atomic E-state index is 11.8. The zero-order valence-electron chi connectivity index (χ0n) is 9.01. The van der Waals surface area contributed by atoms with Gasteiger partial charge in [0.1, 0.15) is 5.69 Å². The maximum absolute atomic E-state index is 11.8. The number of nitrogens with one attached hydrogen (secondary N) is 2. The van der Waals surface area contributed by atoms with Gasteiger partial charge in [-0.2, -0.15) is 5.10 Å². The number of hydrogen-bond acceptors (Lipinski definition) is 4. The van der Waals surface area contributed by atoms with Gasteiger partial charge in [-0.15, -0.1) is 11.3 Å². The van der Waals surface area contributed by atoms with Gasteiger partial charge in [0, 0.05) is 13.2 Å². The van der Waals surface area contributed by atoms with Crippen molar-refractivity contribution in [3.8, 4) is 0 Å². The molecule has 88 valence electrons. The van der Waals surface area contributed by atoms with Gasteiger partial charge >= 0.3 is 0 Å². The smallest absolute Gasteiger partial charge is 0.273 e. The Morgan fingerprint density at radius 3 is 2.88 bits per heavy atom. The van der Waals surface area contributed by atoms with Crippen LogP contribution in [0.2, 0.25) is 0 Å². The summed E-state index contributed by atoms with van der Waals surface area (Å²) in [5.74, 6) is -0.664. The molecular weight excluding hydrogens is 240 g/mol. The number of rotatable bonds is 2. The summed E-state index contributed by atoms with van der Waals surface area (Å²) < 4.78 is 0. The van der Waals surface area contributed by atoms with Crippen LogP contribution in [0, 0.1) is 0 Å². The number of carbonyl (C=O) groups excluding carboxylic acids is 2. The van der Waals surface area contributed by atoms with Crippen molar-refractivity contribution in [1.29, 1.82) is 0 Å². The van der Waals surface area contributed by atoms with E-state index in [2.05, 4.69) is 15.6 Å². The molecule has 0 bridgehead atoms. The fourth-order valence-corrected chi connectivity index (χ4v) is 1.84. The minimum atomic E-state index is -0.354. The second kappa shape index (κ2) is 4.79. The van der Waals surface area contributed by atoms with Gasteiger partial charge in [0.25, 0.3) is 11.8 Å². The van der Waals surface area contributed by atoms with Gasteiger partial charge in [-0.05, 0) is 17.5 Å². The molecule has 0 aliphatic heterocycles. The lowest BCUT2D eigenvalue weighted by Gasteiger charge is -2.16.